The molecule has 1 aromatic heterocycles. The second kappa shape index (κ2) is 5.21. The molecule has 1 N–H and O–H groups in total. The van der Waals surface area contributed by atoms with Gasteiger partial charge in [0.1, 0.15) is 11.6 Å². The lowest BCUT2D eigenvalue weighted by atomic mass is 10.1. The zero-order chi connectivity index (χ0) is 13.9. The number of hydrogen-bond acceptors (Lipinski definition) is 2. The Morgan fingerprint density at radius 1 is 1.00 bits per heavy atom. The summed E-state index contributed by atoms with van der Waals surface area (Å²) in [6, 6.07) is 16.2. The fourth-order valence-electron chi connectivity index (χ4n) is 2.18. The van der Waals surface area contributed by atoms with Crippen LogP contribution in [0.4, 0.5) is 0 Å². The number of imidazole rings is 1. The first kappa shape index (κ1) is 12.5. The van der Waals surface area contributed by atoms with E-state index in [4.69, 9.17) is 4.74 Å². The summed E-state index contributed by atoms with van der Waals surface area (Å²) in [5.74, 6) is 1.63. The first-order valence-electron chi connectivity index (χ1n) is 6.53. The lowest BCUT2D eigenvalue weighted by molar-refractivity contribution is 0.416. The van der Waals surface area contributed by atoms with Gasteiger partial charge in [-0.05, 0) is 24.6 Å². The molecule has 1 heterocycles. The SMILES string of the molecule is COc1ccccc1-c1ncc(-c2ccc(C)cc2)[nH]1. The molecule has 0 atom stereocenters. The third-order valence-corrected chi connectivity index (χ3v) is 3.30. The Hall–Kier alpha value is -2.55. The molecule has 0 aliphatic heterocycles. The molecule has 0 saturated heterocycles. The van der Waals surface area contributed by atoms with Crippen LogP contribution in [0, 0.1) is 6.92 Å². The molecule has 2 aromatic carbocycles. The van der Waals surface area contributed by atoms with E-state index < -0.39 is 0 Å². The molecule has 0 saturated carbocycles. The third kappa shape index (κ3) is 2.30. The molecule has 3 rings (SSSR count). The number of H-pyrrole nitrogens is 1. The summed E-state index contributed by atoms with van der Waals surface area (Å²) < 4.78 is 5.37. The Kier molecular flexibility index (Phi) is 3.25. The maximum Gasteiger partial charge on any atom is 0.141 e. The van der Waals surface area contributed by atoms with E-state index in [0.717, 1.165) is 28.4 Å². The van der Waals surface area contributed by atoms with E-state index in [1.165, 1.54) is 5.56 Å². The van der Waals surface area contributed by atoms with Crippen molar-refractivity contribution in [3.05, 3.63) is 60.3 Å². The van der Waals surface area contributed by atoms with Crippen molar-refractivity contribution < 1.29 is 4.74 Å². The van der Waals surface area contributed by atoms with Crippen LogP contribution in [-0.4, -0.2) is 17.1 Å². The van der Waals surface area contributed by atoms with E-state index in [1.807, 2.05) is 30.5 Å². The molecule has 0 aliphatic rings. The van der Waals surface area contributed by atoms with Crippen molar-refractivity contribution in [1.82, 2.24) is 9.97 Å². The number of nitrogens with zero attached hydrogens (tertiary/aromatic N) is 1. The van der Waals surface area contributed by atoms with Crippen LogP contribution in [-0.2, 0) is 0 Å². The molecule has 0 bridgehead atoms. The number of benzene rings is 2. The van der Waals surface area contributed by atoms with Gasteiger partial charge in [-0.25, -0.2) is 4.98 Å². The highest BCUT2D eigenvalue weighted by Crippen LogP contribution is 2.29. The van der Waals surface area contributed by atoms with Crippen LogP contribution < -0.4 is 4.74 Å². The van der Waals surface area contributed by atoms with Crippen LogP contribution in [0.5, 0.6) is 5.75 Å². The Bertz CT molecular complexity index is 714. The van der Waals surface area contributed by atoms with Crippen molar-refractivity contribution in [1.29, 1.82) is 0 Å². The highest BCUT2D eigenvalue weighted by Gasteiger charge is 2.09. The summed E-state index contributed by atoms with van der Waals surface area (Å²) >= 11 is 0. The zero-order valence-corrected chi connectivity index (χ0v) is 11.6. The fourth-order valence-corrected chi connectivity index (χ4v) is 2.18. The Labute approximate surface area is 118 Å². The third-order valence-electron chi connectivity index (χ3n) is 3.30. The van der Waals surface area contributed by atoms with Crippen molar-refractivity contribution in [2.24, 2.45) is 0 Å². The van der Waals surface area contributed by atoms with Gasteiger partial charge in [0.05, 0.1) is 24.6 Å². The monoisotopic (exact) mass is 264 g/mol. The average Bonchev–Trinajstić information content (AvgIpc) is 2.97. The largest absolute Gasteiger partial charge is 0.496 e. The number of hydrogen-bond donors (Lipinski definition) is 1. The number of ether oxygens (including phenoxy) is 1. The molecular weight excluding hydrogens is 248 g/mol. The number of aromatic nitrogens is 2. The van der Waals surface area contributed by atoms with E-state index in [9.17, 15) is 0 Å². The molecule has 20 heavy (non-hydrogen) atoms. The molecule has 3 aromatic rings. The first-order chi connectivity index (χ1) is 9.78. The summed E-state index contributed by atoms with van der Waals surface area (Å²) in [4.78, 5) is 7.81. The number of rotatable bonds is 3. The summed E-state index contributed by atoms with van der Waals surface area (Å²) in [6.07, 6.45) is 1.85. The van der Waals surface area contributed by atoms with Crippen LogP contribution >= 0.6 is 0 Å². The van der Waals surface area contributed by atoms with E-state index >= 15 is 0 Å². The minimum Gasteiger partial charge on any atom is -0.496 e. The van der Waals surface area contributed by atoms with Crippen molar-refractivity contribution in [3.63, 3.8) is 0 Å². The normalized spacial score (nSPS) is 10.5. The first-order valence-corrected chi connectivity index (χ1v) is 6.53. The quantitative estimate of drug-likeness (QED) is 0.774. The molecule has 0 unspecified atom stereocenters. The van der Waals surface area contributed by atoms with Gasteiger partial charge in [0.15, 0.2) is 0 Å². The topological polar surface area (TPSA) is 37.9 Å². The number of aromatic amines is 1. The molecule has 100 valence electrons. The second-order valence-corrected chi connectivity index (χ2v) is 4.71. The maximum atomic E-state index is 5.37. The van der Waals surface area contributed by atoms with Crippen LogP contribution in [0.15, 0.2) is 54.7 Å². The molecule has 0 spiro atoms. The summed E-state index contributed by atoms with van der Waals surface area (Å²) in [7, 11) is 1.67. The van der Waals surface area contributed by atoms with Crippen molar-refractivity contribution in [2.45, 2.75) is 6.92 Å². The van der Waals surface area contributed by atoms with Gasteiger partial charge in [0.25, 0.3) is 0 Å². The lowest BCUT2D eigenvalue weighted by Gasteiger charge is -2.05. The van der Waals surface area contributed by atoms with E-state index in [1.54, 1.807) is 7.11 Å². The minimum absolute atomic E-state index is 0.817. The lowest BCUT2D eigenvalue weighted by Crippen LogP contribution is -1.88. The molecule has 3 nitrogen and oxygen atoms in total. The maximum absolute atomic E-state index is 5.37. The molecule has 0 radical (unpaired) electrons. The van der Waals surface area contributed by atoms with E-state index in [-0.39, 0.29) is 0 Å². The van der Waals surface area contributed by atoms with E-state index in [0.29, 0.717) is 0 Å². The highest BCUT2D eigenvalue weighted by atomic mass is 16.5. The van der Waals surface area contributed by atoms with Crippen LogP contribution in [0.1, 0.15) is 5.56 Å². The smallest absolute Gasteiger partial charge is 0.141 e. The molecule has 0 aliphatic carbocycles. The average molecular weight is 264 g/mol. The molecule has 3 heteroatoms. The van der Waals surface area contributed by atoms with Gasteiger partial charge < -0.3 is 9.72 Å². The van der Waals surface area contributed by atoms with Gasteiger partial charge in [0.2, 0.25) is 0 Å². The van der Waals surface area contributed by atoms with Crippen molar-refractivity contribution in [2.75, 3.05) is 7.11 Å². The van der Waals surface area contributed by atoms with Crippen molar-refractivity contribution >= 4 is 0 Å². The molecule has 0 fully saturated rings. The minimum atomic E-state index is 0.817. The van der Waals surface area contributed by atoms with Gasteiger partial charge in [0, 0.05) is 0 Å². The number of aryl methyl sites for hydroxylation is 1. The van der Waals surface area contributed by atoms with Crippen LogP contribution in [0.25, 0.3) is 22.6 Å². The van der Waals surface area contributed by atoms with Crippen LogP contribution in [0.3, 0.4) is 0 Å². The van der Waals surface area contributed by atoms with Gasteiger partial charge in [-0.3, -0.25) is 0 Å². The van der Waals surface area contributed by atoms with Gasteiger partial charge in [-0.15, -0.1) is 0 Å². The Morgan fingerprint density at radius 2 is 1.75 bits per heavy atom. The van der Waals surface area contributed by atoms with Crippen LogP contribution in [0.2, 0.25) is 0 Å². The predicted molar refractivity (Wildman–Crippen MR) is 80.7 cm³/mol. The number of methoxy groups -OCH3 is 1. The standard InChI is InChI=1S/C17H16N2O/c1-12-7-9-13(10-8-12)15-11-18-17(19-15)14-5-3-4-6-16(14)20-2/h3-11H,1-2H3,(H,18,19). The van der Waals surface area contributed by atoms with Gasteiger partial charge >= 0.3 is 0 Å². The van der Waals surface area contributed by atoms with Gasteiger partial charge in [-0.1, -0.05) is 42.0 Å². The zero-order valence-electron chi connectivity index (χ0n) is 11.6. The summed E-state index contributed by atoms with van der Waals surface area (Å²) in [5.41, 5.74) is 4.35. The molecule has 0 amide bonds. The number of nitrogens with one attached hydrogen (secondary N) is 1. The van der Waals surface area contributed by atoms with Crippen molar-refractivity contribution in [3.8, 4) is 28.4 Å². The summed E-state index contributed by atoms with van der Waals surface area (Å²) in [5, 5.41) is 0. The predicted octanol–water partition coefficient (Wildman–Crippen LogP) is 4.06. The number of para-hydroxylation sites is 1. The Morgan fingerprint density at radius 3 is 2.50 bits per heavy atom. The highest BCUT2D eigenvalue weighted by molar-refractivity contribution is 5.68. The Balaban J connectivity index is 2.00. The van der Waals surface area contributed by atoms with Gasteiger partial charge in [-0.2, -0.15) is 0 Å². The van der Waals surface area contributed by atoms with E-state index in [2.05, 4.69) is 41.2 Å². The molecular formula is C17H16N2O. The summed E-state index contributed by atoms with van der Waals surface area (Å²) in [6.45, 7) is 2.08. The second-order valence-electron chi connectivity index (χ2n) is 4.71. The fraction of sp³-hybridized carbons (Fsp3) is 0.118.